The normalized spacial score (nSPS) is 21.3. The van der Waals surface area contributed by atoms with E-state index in [0.717, 1.165) is 63.1 Å². The van der Waals surface area contributed by atoms with Gasteiger partial charge in [0.1, 0.15) is 11.6 Å². The molecular formula is C16H27N5O. The summed E-state index contributed by atoms with van der Waals surface area (Å²) >= 11 is 0. The fourth-order valence-corrected chi connectivity index (χ4v) is 3.45. The fraction of sp³-hybridized carbons (Fsp3) is 0.750. The van der Waals surface area contributed by atoms with Gasteiger partial charge in [-0.25, -0.2) is 9.97 Å². The summed E-state index contributed by atoms with van der Waals surface area (Å²) in [5.41, 5.74) is 6.71. The summed E-state index contributed by atoms with van der Waals surface area (Å²) in [6.45, 7) is 8.66. The molecule has 22 heavy (non-hydrogen) atoms. The minimum Gasteiger partial charge on any atom is -0.379 e. The number of morpholine rings is 1. The standard InChI is InChI=1S/C16H27N5O/c1-13-18-14(2-5-17)12-16(19-13)21-6-3-15(4-7-21)20-8-10-22-11-9-20/h12,15H,2-11,17H2,1H3. The third-order valence-corrected chi connectivity index (χ3v) is 4.63. The van der Waals surface area contributed by atoms with E-state index in [1.165, 1.54) is 12.8 Å². The van der Waals surface area contributed by atoms with E-state index in [9.17, 15) is 0 Å². The Morgan fingerprint density at radius 1 is 1.18 bits per heavy atom. The number of piperidine rings is 1. The molecular weight excluding hydrogens is 278 g/mol. The predicted octanol–water partition coefficient (Wildman–Crippen LogP) is 0.587. The molecule has 1 aromatic heterocycles. The summed E-state index contributed by atoms with van der Waals surface area (Å²) in [4.78, 5) is 14.1. The Morgan fingerprint density at radius 3 is 2.59 bits per heavy atom. The van der Waals surface area contributed by atoms with Crippen LogP contribution in [0.3, 0.4) is 0 Å². The van der Waals surface area contributed by atoms with Gasteiger partial charge in [0.25, 0.3) is 0 Å². The Bertz CT molecular complexity index is 481. The molecule has 2 aliphatic rings. The van der Waals surface area contributed by atoms with Gasteiger partial charge in [-0.2, -0.15) is 0 Å². The van der Waals surface area contributed by atoms with Gasteiger partial charge in [0.15, 0.2) is 0 Å². The molecule has 6 heteroatoms. The summed E-state index contributed by atoms with van der Waals surface area (Å²) in [5, 5.41) is 0. The van der Waals surface area contributed by atoms with Crippen LogP contribution in [0.15, 0.2) is 6.07 Å². The topological polar surface area (TPSA) is 67.5 Å². The van der Waals surface area contributed by atoms with Gasteiger partial charge in [-0.05, 0) is 26.3 Å². The summed E-state index contributed by atoms with van der Waals surface area (Å²) < 4.78 is 5.45. The Hall–Kier alpha value is -1.24. The number of rotatable bonds is 4. The number of nitrogens with zero attached hydrogens (tertiary/aromatic N) is 4. The number of ether oxygens (including phenoxy) is 1. The van der Waals surface area contributed by atoms with Crippen LogP contribution in [0.25, 0.3) is 0 Å². The van der Waals surface area contributed by atoms with Gasteiger partial charge in [-0.3, -0.25) is 4.90 Å². The van der Waals surface area contributed by atoms with Crippen LogP contribution >= 0.6 is 0 Å². The summed E-state index contributed by atoms with van der Waals surface area (Å²) in [6.07, 6.45) is 3.23. The van der Waals surface area contributed by atoms with E-state index < -0.39 is 0 Å². The van der Waals surface area contributed by atoms with E-state index in [1.54, 1.807) is 0 Å². The lowest BCUT2D eigenvalue weighted by Crippen LogP contribution is -2.49. The third kappa shape index (κ3) is 3.74. The smallest absolute Gasteiger partial charge is 0.132 e. The lowest BCUT2D eigenvalue weighted by Gasteiger charge is -2.40. The Balaban J connectivity index is 1.61. The molecule has 2 aliphatic heterocycles. The van der Waals surface area contributed by atoms with Crippen molar-refractivity contribution in [3.05, 3.63) is 17.6 Å². The molecule has 2 fully saturated rings. The highest BCUT2D eigenvalue weighted by molar-refractivity contribution is 5.40. The van der Waals surface area contributed by atoms with Crippen LogP contribution in [0.5, 0.6) is 0 Å². The van der Waals surface area contributed by atoms with Gasteiger partial charge in [0.2, 0.25) is 0 Å². The van der Waals surface area contributed by atoms with Gasteiger partial charge < -0.3 is 15.4 Å². The maximum Gasteiger partial charge on any atom is 0.132 e. The number of anilines is 1. The third-order valence-electron chi connectivity index (χ3n) is 4.63. The molecule has 0 saturated carbocycles. The van der Waals surface area contributed by atoms with E-state index in [-0.39, 0.29) is 0 Å². The minimum atomic E-state index is 0.634. The van der Waals surface area contributed by atoms with Gasteiger partial charge >= 0.3 is 0 Å². The van der Waals surface area contributed by atoms with Crippen LogP contribution in [-0.2, 0) is 11.2 Å². The molecule has 3 heterocycles. The largest absolute Gasteiger partial charge is 0.379 e. The first kappa shape index (κ1) is 15.6. The number of aryl methyl sites for hydroxylation is 1. The van der Waals surface area contributed by atoms with Gasteiger partial charge in [-0.15, -0.1) is 0 Å². The van der Waals surface area contributed by atoms with E-state index in [0.29, 0.717) is 12.6 Å². The average molecular weight is 305 g/mol. The predicted molar refractivity (Wildman–Crippen MR) is 87.2 cm³/mol. The zero-order chi connectivity index (χ0) is 15.4. The molecule has 0 amide bonds. The van der Waals surface area contributed by atoms with Crippen LogP contribution in [-0.4, -0.2) is 66.8 Å². The quantitative estimate of drug-likeness (QED) is 0.878. The van der Waals surface area contributed by atoms with Gasteiger partial charge in [0, 0.05) is 50.4 Å². The number of hydrogen-bond acceptors (Lipinski definition) is 6. The molecule has 0 aliphatic carbocycles. The second-order valence-electron chi connectivity index (χ2n) is 6.17. The molecule has 122 valence electrons. The van der Waals surface area contributed by atoms with Crippen LogP contribution in [0, 0.1) is 6.92 Å². The molecule has 0 atom stereocenters. The molecule has 1 aromatic rings. The Morgan fingerprint density at radius 2 is 1.91 bits per heavy atom. The van der Waals surface area contributed by atoms with E-state index in [1.807, 2.05) is 6.92 Å². The highest BCUT2D eigenvalue weighted by atomic mass is 16.5. The first-order valence-corrected chi connectivity index (χ1v) is 8.37. The van der Waals surface area contributed by atoms with Crippen molar-refractivity contribution in [2.75, 3.05) is 50.8 Å². The molecule has 0 bridgehead atoms. The van der Waals surface area contributed by atoms with E-state index >= 15 is 0 Å². The molecule has 2 N–H and O–H groups in total. The lowest BCUT2D eigenvalue weighted by atomic mass is 10.0. The lowest BCUT2D eigenvalue weighted by molar-refractivity contribution is 0.0114. The second kappa shape index (κ2) is 7.35. The number of aromatic nitrogens is 2. The van der Waals surface area contributed by atoms with E-state index in [4.69, 9.17) is 10.5 Å². The summed E-state index contributed by atoms with van der Waals surface area (Å²) in [5.74, 6) is 1.91. The van der Waals surface area contributed by atoms with Gasteiger partial charge in [0.05, 0.1) is 13.2 Å². The van der Waals surface area contributed by atoms with Gasteiger partial charge in [-0.1, -0.05) is 0 Å². The number of nitrogens with two attached hydrogens (primary N) is 1. The summed E-state index contributed by atoms with van der Waals surface area (Å²) in [6, 6.07) is 2.81. The van der Waals surface area contributed by atoms with Crippen molar-refractivity contribution < 1.29 is 4.74 Å². The van der Waals surface area contributed by atoms with Crippen molar-refractivity contribution in [2.24, 2.45) is 5.73 Å². The van der Waals surface area contributed by atoms with E-state index in [2.05, 4.69) is 25.8 Å². The van der Waals surface area contributed by atoms with Crippen LogP contribution in [0.4, 0.5) is 5.82 Å². The maximum absolute atomic E-state index is 5.65. The van der Waals surface area contributed by atoms with Crippen molar-refractivity contribution in [1.82, 2.24) is 14.9 Å². The minimum absolute atomic E-state index is 0.634. The Labute approximate surface area is 132 Å². The van der Waals surface area contributed by atoms with Crippen molar-refractivity contribution in [2.45, 2.75) is 32.2 Å². The summed E-state index contributed by atoms with van der Waals surface area (Å²) in [7, 11) is 0. The highest BCUT2D eigenvalue weighted by Crippen LogP contribution is 2.22. The average Bonchev–Trinajstić information content (AvgIpc) is 2.56. The molecule has 2 saturated heterocycles. The maximum atomic E-state index is 5.65. The van der Waals surface area contributed by atoms with Crippen molar-refractivity contribution in [3.63, 3.8) is 0 Å². The fourth-order valence-electron chi connectivity index (χ4n) is 3.45. The Kier molecular flexibility index (Phi) is 5.23. The molecule has 3 rings (SSSR count). The SMILES string of the molecule is Cc1nc(CCN)cc(N2CCC(N3CCOCC3)CC2)n1. The molecule has 6 nitrogen and oxygen atoms in total. The zero-order valence-corrected chi connectivity index (χ0v) is 13.5. The number of hydrogen-bond donors (Lipinski definition) is 1. The highest BCUT2D eigenvalue weighted by Gasteiger charge is 2.26. The first-order chi connectivity index (χ1) is 10.8. The second-order valence-corrected chi connectivity index (χ2v) is 6.17. The van der Waals surface area contributed by atoms with Crippen molar-refractivity contribution in [1.29, 1.82) is 0 Å². The molecule has 0 spiro atoms. The van der Waals surface area contributed by atoms with Crippen molar-refractivity contribution in [3.8, 4) is 0 Å². The first-order valence-electron chi connectivity index (χ1n) is 8.37. The van der Waals surface area contributed by atoms with Crippen molar-refractivity contribution >= 4 is 5.82 Å². The van der Waals surface area contributed by atoms with Crippen LogP contribution in [0.2, 0.25) is 0 Å². The monoisotopic (exact) mass is 305 g/mol. The molecule has 0 unspecified atom stereocenters. The van der Waals surface area contributed by atoms with Crippen LogP contribution < -0.4 is 10.6 Å². The molecule has 0 radical (unpaired) electrons. The molecule has 0 aromatic carbocycles. The van der Waals surface area contributed by atoms with Crippen LogP contribution in [0.1, 0.15) is 24.4 Å². The zero-order valence-electron chi connectivity index (χ0n) is 13.5.